The number of benzene rings is 2. The van der Waals surface area contributed by atoms with Crippen molar-refractivity contribution in [1.82, 2.24) is 0 Å². The molecule has 0 spiro atoms. The number of aliphatic carboxylic acids is 1. The molecule has 0 amide bonds. The fourth-order valence-electron chi connectivity index (χ4n) is 4.82. The number of aromatic hydroxyl groups is 2. The van der Waals surface area contributed by atoms with Crippen molar-refractivity contribution in [3.05, 3.63) is 59.7 Å². The first-order valence-corrected chi connectivity index (χ1v) is 23.3. The second-order valence-electron chi connectivity index (χ2n) is 15.4. The average molecular weight is 1010 g/mol. The molecule has 19 heteroatoms. The van der Waals surface area contributed by atoms with Crippen molar-refractivity contribution in [3.8, 4) is 11.5 Å². The van der Waals surface area contributed by atoms with Crippen molar-refractivity contribution < 1.29 is 90.2 Å². The molecule has 0 fully saturated rings. The zero-order valence-corrected chi connectivity index (χ0v) is 43.8. The van der Waals surface area contributed by atoms with E-state index in [1.165, 1.54) is 127 Å². The Morgan fingerprint density at radius 3 is 1.16 bits per heavy atom. The number of aliphatic hydroxyl groups excluding tert-OH is 8. The molecule has 18 nitrogen and oxygen atoms in total. The predicted molar refractivity (Wildman–Crippen MR) is 260 cm³/mol. The number of aliphatic hydroxyl groups is 8. The van der Waals surface area contributed by atoms with Crippen LogP contribution >= 0.6 is 0 Å². The van der Waals surface area contributed by atoms with Gasteiger partial charge in [0.1, 0.15) is 23.7 Å². The molecule has 0 aliphatic rings. The molecule has 0 radical (unpaired) electrons. The monoisotopic (exact) mass is 1000 g/mol. The van der Waals surface area contributed by atoms with Gasteiger partial charge in [0, 0.05) is 5.97 Å². The smallest absolute Gasteiger partial charge is 0.870 e. The molecule has 0 bridgehead atoms. The van der Waals surface area contributed by atoms with Crippen LogP contribution in [0.5, 0.6) is 11.5 Å². The number of carboxylic acid groups (broad SMARTS) is 1. The normalized spacial score (nSPS) is 10.8. The second kappa shape index (κ2) is 58.6. The second-order valence-corrected chi connectivity index (χ2v) is 15.4. The van der Waals surface area contributed by atoms with Gasteiger partial charge in [-0.3, -0.25) is 0 Å². The topological polar surface area (TPSA) is 334 Å². The molecule has 2 aromatic carbocycles. The van der Waals surface area contributed by atoms with E-state index in [1.807, 2.05) is 6.92 Å². The maximum absolute atomic E-state index is 11.3. The van der Waals surface area contributed by atoms with Gasteiger partial charge in [-0.05, 0) is 81.6 Å². The third-order valence-electron chi connectivity index (χ3n) is 8.83. The molecule has 68 heavy (non-hydrogen) atoms. The average Bonchev–Trinajstić information content (AvgIpc) is 3.32. The van der Waals surface area contributed by atoms with Gasteiger partial charge in [0.25, 0.3) is 0 Å². The zero-order chi connectivity index (χ0) is 50.8. The van der Waals surface area contributed by atoms with Gasteiger partial charge in [-0.25, -0.2) is 9.59 Å². The van der Waals surface area contributed by atoms with Gasteiger partial charge < -0.3 is 80.7 Å². The van der Waals surface area contributed by atoms with Gasteiger partial charge >= 0.3 is 49.7 Å². The minimum atomic E-state index is -0.954. The van der Waals surface area contributed by atoms with E-state index in [0.29, 0.717) is 24.3 Å². The maximum Gasteiger partial charge on any atom is 2.00 e. The number of ether oxygens (including phenoxy) is 3. The number of hydrogen-bond acceptors (Lipinski definition) is 18. The standard InChI is InChI=1S/C18H36O2.C11H14O3.C8H8O3.C6H14O3.2C3H8O3.Ca.H2O/c1-2-3-4-5-6-7-8-9-10-11-12-13-14-15-16-17-18(19)20;1-2-3-8-14-11(13)9-4-6-10(12)7-5-9;1-11-8(10)6-2-4-7(9)5-3-6;1-5(8)4-9-6(2)3-7;2*4-1-3(6)2-5;;/h2-17H2,1H3,(H,19,20);4-7,12H,2-3,8H2,1H3;2-5,9H,1H3;5-8H,3-4H2,1-2H3;2*3-6H,1-2H2;;1H2/q;;;;;;+2;/p-2. The van der Waals surface area contributed by atoms with Crippen molar-refractivity contribution in [2.45, 2.75) is 168 Å². The van der Waals surface area contributed by atoms with Gasteiger partial charge in [-0.2, -0.15) is 0 Å². The van der Waals surface area contributed by atoms with Crippen molar-refractivity contribution in [2.75, 3.05) is 53.4 Å². The third-order valence-corrected chi connectivity index (χ3v) is 8.83. The molecule has 2 unspecified atom stereocenters. The van der Waals surface area contributed by atoms with Gasteiger partial charge in [-0.1, -0.05) is 110 Å². The van der Waals surface area contributed by atoms with E-state index in [-0.39, 0.29) is 106 Å². The summed E-state index contributed by atoms with van der Waals surface area (Å²) in [6, 6.07) is 11.9. The molecule has 0 saturated heterocycles. The molecule has 0 saturated carbocycles. The first-order chi connectivity index (χ1) is 31.5. The number of unbranched alkanes of at least 4 members (excludes halogenated alkanes) is 15. The molecular formula is C49H88CaO18. The van der Waals surface area contributed by atoms with Crippen LogP contribution in [0.15, 0.2) is 48.5 Å². The number of hydrogen-bond donors (Lipinski definition) is 10. The largest absolute Gasteiger partial charge is 2.00 e. The summed E-state index contributed by atoms with van der Waals surface area (Å²) in [5.74, 6) is -1.35. The summed E-state index contributed by atoms with van der Waals surface area (Å²) in [4.78, 5) is 32.4. The van der Waals surface area contributed by atoms with Gasteiger partial charge in [0.2, 0.25) is 0 Å². The van der Waals surface area contributed by atoms with Gasteiger partial charge in [-0.15, -0.1) is 0 Å². The van der Waals surface area contributed by atoms with Crippen LogP contribution in [0.2, 0.25) is 0 Å². The minimum Gasteiger partial charge on any atom is -0.870 e. The molecule has 394 valence electrons. The van der Waals surface area contributed by atoms with Crippen LogP contribution in [-0.2, 0) is 19.0 Å². The number of methoxy groups -OCH3 is 1. The molecule has 0 aliphatic carbocycles. The van der Waals surface area contributed by atoms with Crippen molar-refractivity contribution >= 4 is 55.6 Å². The summed E-state index contributed by atoms with van der Waals surface area (Å²) >= 11 is 0. The molecule has 2 rings (SSSR count). The SMILES string of the molecule is CC(O)COC(C)CO.CCCCCCCCCCCCCCCCCC(=O)[O-].CCCCOC(=O)c1ccc(O)cc1.COC(=O)c1ccc(O)cc1.OCC(O)CO.OCC(O)CO.[Ca+2].[OH-]. The number of carboxylic acids is 1. The van der Waals surface area contributed by atoms with Gasteiger partial charge in [0.15, 0.2) is 0 Å². The summed E-state index contributed by atoms with van der Waals surface area (Å²) < 4.78 is 14.4. The van der Waals surface area contributed by atoms with E-state index in [1.54, 1.807) is 26.0 Å². The number of esters is 2. The summed E-state index contributed by atoms with van der Waals surface area (Å²) in [5.41, 5.74) is 0.907. The molecule has 2 atom stereocenters. The van der Waals surface area contributed by atoms with Crippen LogP contribution < -0.4 is 5.11 Å². The molecule has 11 N–H and O–H groups in total. The Morgan fingerprint density at radius 1 is 0.544 bits per heavy atom. The Hall–Kier alpha value is -2.69. The summed E-state index contributed by atoms with van der Waals surface area (Å²) in [5, 5.41) is 93.2. The third kappa shape index (κ3) is 59.4. The molecule has 0 aliphatic heterocycles. The van der Waals surface area contributed by atoms with E-state index in [0.717, 1.165) is 25.7 Å². The zero-order valence-electron chi connectivity index (χ0n) is 41.6. The van der Waals surface area contributed by atoms with Gasteiger partial charge in [0.05, 0.1) is 76.7 Å². The van der Waals surface area contributed by atoms with Crippen LogP contribution in [0, 0.1) is 0 Å². The van der Waals surface area contributed by atoms with Crippen LogP contribution in [0.1, 0.15) is 164 Å². The molecule has 0 aromatic heterocycles. The van der Waals surface area contributed by atoms with Crippen molar-refractivity contribution in [2.24, 2.45) is 0 Å². The Labute approximate surface area is 435 Å². The van der Waals surface area contributed by atoms with E-state index >= 15 is 0 Å². The van der Waals surface area contributed by atoms with Crippen molar-refractivity contribution in [3.63, 3.8) is 0 Å². The Bertz CT molecular complexity index is 1320. The summed E-state index contributed by atoms with van der Waals surface area (Å²) in [6.45, 7) is 6.99. The van der Waals surface area contributed by atoms with E-state index < -0.39 is 30.3 Å². The molecule has 0 heterocycles. The summed E-state index contributed by atoms with van der Waals surface area (Å²) in [7, 11) is 1.31. The quantitative estimate of drug-likeness (QED) is 0.0307. The number of rotatable bonds is 29. The van der Waals surface area contributed by atoms with Crippen LogP contribution in [0.4, 0.5) is 0 Å². The Morgan fingerprint density at radius 2 is 0.882 bits per heavy atom. The first-order valence-electron chi connectivity index (χ1n) is 23.3. The number of carbonyl (C=O) groups is 3. The van der Waals surface area contributed by atoms with Crippen LogP contribution in [0.25, 0.3) is 0 Å². The summed E-state index contributed by atoms with van der Waals surface area (Å²) in [6.07, 6.45) is 19.2. The van der Waals surface area contributed by atoms with Crippen molar-refractivity contribution in [1.29, 1.82) is 0 Å². The fourth-order valence-corrected chi connectivity index (χ4v) is 4.82. The molecular weight excluding hydrogens is 917 g/mol. The Balaban J connectivity index is -0.000000177. The van der Waals surface area contributed by atoms with Crippen LogP contribution in [-0.4, -0.2) is 190 Å². The number of carbonyl (C=O) groups excluding carboxylic acids is 3. The first kappa shape index (κ1) is 76.8. The van der Waals surface area contributed by atoms with Crippen LogP contribution in [0.3, 0.4) is 0 Å². The van der Waals surface area contributed by atoms with E-state index in [2.05, 4.69) is 11.7 Å². The minimum absolute atomic E-state index is 0. The number of phenolic OH excluding ortho intramolecular Hbond substituents is 2. The van der Waals surface area contributed by atoms with E-state index in [9.17, 15) is 19.5 Å². The Kier molecular flexibility index (Phi) is 66.2. The molecule has 2 aromatic rings. The maximum atomic E-state index is 11.3. The fraction of sp³-hybridized carbons (Fsp3) is 0.694. The van der Waals surface area contributed by atoms with E-state index in [4.69, 9.17) is 60.5 Å². The number of phenols is 2. The predicted octanol–water partition coefficient (Wildman–Crippen LogP) is 4.40.